The molecule has 1 aliphatic rings. The number of halogens is 1. The second kappa shape index (κ2) is 6.75. The Balaban J connectivity index is 1.73. The lowest BCUT2D eigenvalue weighted by Gasteiger charge is -2.26. The lowest BCUT2D eigenvalue weighted by Crippen LogP contribution is -2.35. The van der Waals surface area contributed by atoms with Gasteiger partial charge in [-0.2, -0.15) is 0 Å². The molecule has 2 heterocycles. The zero-order valence-corrected chi connectivity index (χ0v) is 12.0. The van der Waals surface area contributed by atoms with E-state index in [0.717, 1.165) is 44.8 Å². The van der Waals surface area contributed by atoms with Crippen molar-refractivity contribution in [3.05, 3.63) is 35.5 Å². The molecule has 0 spiro atoms. The van der Waals surface area contributed by atoms with Crippen LogP contribution in [-0.4, -0.2) is 36.2 Å². The van der Waals surface area contributed by atoms with Gasteiger partial charge in [0.15, 0.2) is 0 Å². The van der Waals surface area contributed by atoms with Crippen LogP contribution in [0.4, 0.5) is 4.39 Å². The van der Waals surface area contributed by atoms with Gasteiger partial charge in [-0.05, 0) is 23.6 Å². The molecule has 3 rings (SSSR count). The summed E-state index contributed by atoms with van der Waals surface area (Å²) in [7, 11) is 0. The van der Waals surface area contributed by atoms with Gasteiger partial charge >= 0.3 is 0 Å². The molecule has 110 valence electrons. The second-order valence-corrected chi connectivity index (χ2v) is 5.35. The monoisotopic (exact) mass is 286 g/mol. The van der Waals surface area contributed by atoms with Crippen LogP contribution in [0.3, 0.4) is 0 Å². The lowest BCUT2D eigenvalue weighted by atomic mass is 10.1. The first kappa shape index (κ1) is 14.1. The molecule has 0 unspecified atom stereocenters. The Kier molecular flexibility index (Phi) is 4.54. The van der Waals surface area contributed by atoms with Crippen LogP contribution in [0.2, 0.25) is 0 Å². The topological polar surface area (TPSA) is 28.3 Å². The van der Waals surface area contributed by atoms with Crippen molar-refractivity contribution in [2.24, 2.45) is 0 Å². The maximum Gasteiger partial charge on any atom is 0.105 e. The van der Waals surface area contributed by atoms with E-state index in [1.165, 1.54) is 22.7 Å². The van der Waals surface area contributed by atoms with E-state index in [-0.39, 0.29) is 0 Å². The number of H-pyrrole nitrogens is 1. The van der Waals surface area contributed by atoms with E-state index in [4.69, 9.17) is 4.74 Å². The molecule has 1 aliphatic heterocycles. The van der Waals surface area contributed by atoms with Crippen LogP contribution in [0, 0.1) is 12.1 Å². The average Bonchev–Trinajstić information content (AvgIpc) is 2.91. The normalized spacial score (nSPS) is 15.9. The Hall–Kier alpha value is -1.83. The fraction of sp³-hybridized carbons (Fsp3) is 0.412. The Labute approximate surface area is 124 Å². The van der Waals surface area contributed by atoms with Gasteiger partial charge in [0.1, 0.15) is 6.17 Å². The van der Waals surface area contributed by atoms with Crippen LogP contribution < -0.4 is 0 Å². The highest BCUT2D eigenvalue weighted by Crippen LogP contribution is 2.22. The quantitative estimate of drug-likeness (QED) is 0.875. The van der Waals surface area contributed by atoms with Crippen molar-refractivity contribution < 1.29 is 9.13 Å². The van der Waals surface area contributed by atoms with E-state index in [0.29, 0.717) is 6.42 Å². The van der Waals surface area contributed by atoms with Crippen LogP contribution in [-0.2, 0) is 17.7 Å². The zero-order chi connectivity index (χ0) is 14.5. The highest BCUT2D eigenvalue weighted by molar-refractivity contribution is 5.83. The van der Waals surface area contributed by atoms with Crippen molar-refractivity contribution in [3.63, 3.8) is 0 Å². The molecule has 0 saturated carbocycles. The van der Waals surface area contributed by atoms with Gasteiger partial charge in [0, 0.05) is 43.2 Å². The highest BCUT2D eigenvalue weighted by Gasteiger charge is 2.13. The summed E-state index contributed by atoms with van der Waals surface area (Å²) in [5.41, 5.74) is 3.65. The number of morpholine rings is 1. The van der Waals surface area contributed by atoms with Crippen molar-refractivity contribution in [2.75, 3.05) is 26.3 Å². The summed E-state index contributed by atoms with van der Waals surface area (Å²) in [4.78, 5) is 5.75. The molecule has 0 radical (unpaired) electrons. The molecule has 1 aromatic heterocycles. The van der Waals surface area contributed by atoms with Gasteiger partial charge < -0.3 is 9.72 Å². The van der Waals surface area contributed by atoms with Crippen molar-refractivity contribution in [2.45, 2.75) is 19.4 Å². The third-order valence-corrected chi connectivity index (χ3v) is 3.93. The van der Waals surface area contributed by atoms with Gasteiger partial charge in [0.2, 0.25) is 0 Å². The predicted octanol–water partition coefficient (Wildman–Crippen LogP) is 2.86. The number of aryl methyl sites for hydroxylation is 1. The van der Waals surface area contributed by atoms with Crippen LogP contribution in [0.25, 0.3) is 10.9 Å². The first-order valence-electron chi connectivity index (χ1n) is 7.34. The van der Waals surface area contributed by atoms with E-state index < -0.39 is 0 Å². The second-order valence-electron chi connectivity index (χ2n) is 5.35. The summed E-state index contributed by atoms with van der Waals surface area (Å²) in [5, 5.41) is 1.27. The van der Waals surface area contributed by atoms with Crippen molar-refractivity contribution in [1.29, 1.82) is 0 Å². The SMILES string of the molecule is FC#CCCc1ccc2c(CN3CCOCC3)c[nH]c2c1. The molecule has 1 fully saturated rings. The predicted molar refractivity (Wildman–Crippen MR) is 81.6 cm³/mol. The molecule has 3 nitrogen and oxygen atoms in total. The number of hydrogen-bond donors (Lipinski definition) is 1. The summed E-state index contributed by atoms with van der Waals surface area (Å²) >= 11 is 0. The van der Waals surface area contributed by atoms with Crippen molar-refractivity contribution in [3.8, 4) is 12.1 Å². The largest absolute Gasteiger partial charge is 0.379 e. The average molecular weight is 286 g/mol. The molecular formula is C17H19FN2O. The summed E-state index contributed by atoms with van der Waals surface area (Å²) in [6.45, 7) is 4.58. The third kappa shape index (κ3) is 3.44. The van der Waals surface area contributed by atoms with E-state index in [1.807, 2.05) is 0 Å². The summed E-state index contributed by atoms with van der Waals surface area (Å²) in [5.74, 6) is 2.46. The molecule has 0 aliphatic carbocycles. The van der Waals surface area contributed by atoms with Crippen LogP contribution in [0.15, 0.2) is 24.4 Å². The number of rotatable bonds is 4. The van der Waals surface area contributed by atoms with Crippen LogP contribution in [0.5, 0.6) is 0 Å². The van der Waals surface area contributed by atoms with Crippen LogP contribution in [0.1, 0.15) is 17.5 Å². The number of aromatic amines is 1. The maximum absolute atomic E-state index is 11.8. The summed E-state index contributed by atoms with van der Waals surface area (Å²) in [6.07, 6.45) is 4.88. The number of ether oxygens (including phenoxy) is 1. The Morgan fingerprint density at radius 1 is 1.29 bits per heavy atom. The molecule has 1 saturated heterocycles. The van der Waals surface area contributed by atoms with Crippen LogP contribution >= 0.6 is 0 Å². The molecule has 0 bridgehead atoms. The van der Waals surface area contributed by atoms with Gasteiger partial charge in [0.25, 0.3) is 0 Å². The fourth-order valence-corrected chi connectivity index (χ4v) is 2.77. The van der Waals surface area contributed by atoms with E-state index in [9.17, 15) is 4.39 Å². The molecular weight excluding hydrogens is 267 g/mol. The molecule has 1 N–H and O–H groups in total. The van der Waals surface area contributed by atoms with Gasteiger partial charge in [-0.25, -0.2) is 0 Å². The number of nitrogens with one attached hydrogen (secondary N) is 1. The first-order valence-corrected chi connectivity index (χ1v) is 7.34. The fourth-order valence-electron chi connectivity index (χ4n) is 2.77. The minimum atomic E-state index is 0.559. The minimum absolute atomic E-state index is 0.559. The summed E-state index contributed by atoms with van der Waals surface area (Å²) in [6, 6.07) is 6.40. The molecule has 1 aromatic carbocycles. The maximum atomic E-state index is 11.8. The third-order valence-electron chi connectivity index (χ3n) is 3.93. The van der Waals surface area contributed by atoms with Crippen molar-refractivity contribution >= 4 is 10.9 Å². The zero-order valence-electron chi connectivity index (χ0n) is 12.0. The number of hydrogen-bond acceptors (Lipinski definition) is 2. The van der Waals surface area contributed by atoms with Crippen molar-refractivity contribution in [1.82, 2.24) is 9.88 Å². The molecule has 0 amide bonds. The van der Waals surface area contributed by atoms with E-state index in [1.54, 1.807) is 0 Å². The Morgan fingerprint density at radius 3 is 2.95 bits per heavy atom. The first-order chi connectivity index (χ1) is 10.4. The number of nitrogens with zero attached hydrogens (tertiary/aromatic N) is 1. The molecule has 21 heavy (non-hydrogen) atoms. The van der Waals surface area contributed by atoms with Gasteiger partial charge in [0.05, 0.1) is 13.2 Å². The molecule has 2 aromatic rings. The van der Waals surface area contributed by atoms with E-state index >= 15 is 0 Å². The Morgan fingerprint density at radius 2 is 2.14 bits per heavy atom. The smallest absolute Gasteiger partial charge is 0.105 e. The lowest BCUT2D eigenvalue weighted by molar-refractivity contribution is 0.0343. The Bertz CT molecular complexity index is 662. The number of aromatic nitrogens is 1. The highest BCUT2D eigenvalue weighted by atomic mass is 19.1. The van der Waals surface area contributed by atoms with Gasteiger partial charge in [-0.15, -0.1) is 4.39 Å². The summed E-state index contributed by atoms with van der Waals surface area (Å²) < 4.78 is 17.2. The van der Waals surface area contributed by atoms with E-state index in [2.05, 4.69) is 40.2 Å². The minimum Gasteiger partial charge on any atom is -0.379 e. The van der Waals surface area contributed by atoms with Gasteiger partial charge in [-0.1, -0.05) is 18.1 Å². The van der Waals surface area contributed by atoms with Gasteiger partial charge in [-0.3, -0.25) is 4.90 Å². The number of fused-ring (bicyclic) bond motifs is 1. The number of benzene rings is 1. The molecule has 0 atom stereocenters. The standard InChI is InChI=1S/C17H19FN2O/c18-6-2-1-3-14-4-5-16-15(12-19-17(16)11-14)13-20-7-9-21-10-8-20/h4-5,11-12,19H,1,3,7-10,13H2. The molecule has 4 heteroatoms.